The maximum atomic E-state index is 12.3. The summed E-state index contributed by atoms with van der Waals surface area (Å²) >= 11 is 1.44. The van der Waals surface area contributed by atoms with Crippen LogP contribution in [0.15, 0.2) is 35.5 Å². The Balaban J connectivity index is 1.57. The molecule has 3 atom stereocenters. The molecule has 1 aliphatic carbocycles. The second kappa shape index (κ2) is 8.04. The van der Waals surface area contributed by atoms with Gasteiger partial charge < -0.3 is 9.88 Å². The zero-order chi connectivity index (χ0) is 17.8. The Morgan fingerprint density at radius 1 is 1.24 bits per heavy atom. The largest absolute Gasteiger partial charge is 0.352 e. The lowest BCUT2D eigenvalue weighted by molar-refractivity contribution is -0.120. The van der Waals surface area contributed by atoms with Gasteiger partial charge in [-0.1, -0.05) is 68.8 Å². The van der Waals surface area contributed by atoms with E-state index in [0.29, 0.717) is 23.6 Å². The van der Waals surface area contributed by atoms with Gasteiger partial charge in [0.25, 0.3) is 0 Å². The first-order chi connectivity index (χ1) is 12.1. The summed E-state index contributed by atoms with van der Waals surface area (Å²) in [7, 11) is 1.94. The maximum absolute atomic E-state index is 12.3. The van der Waals surface area contributed by atoms with Gasteiger partial charge >= 0.3 is 0 Å². The summed E-state index contributed by atoms with van der Waals surface area (Å²) < 4.78 is 1.94. The van der Waals surface area contributed by atoms with Crippen LogP contribution >= 0.6 is 11.8 Å². The number of nitrogens with zero attached hydrogens (tertiary/aromatic N) is 3. The summed E-state index contributed by atoms with van der Waals surface area (Å²) in [6.07, 6.45) is 3.56. The van der Waals surface area contributed by atoms with Gasteiger partial charge in [0, 0.05) is 18.7 Å². The molecule has 1 N–H and O–H groups in total. The van der Waals surface area contributed by atoms with Crippen LogP contribution in [0.4, 0.5) is 0 Å². The van der Waals surface area contributed by atoms with Crippen LogP contribution in [0.3, 0.4) is 0 Å². The highest BCUT2D eigenvalue weighted by Crippen LogP contribution is 2.29. The topological polar surface area (TPSA) is 59.8 Å². The average Bonchev–Trinajstić information content (AvgIpc) is 2.99. The van der Waals surface area contributed by atoms with Gasteiger partial charge in [-0.2, -0.15) is 0 Å². The number of carbonyl (C=O) groups excluding carboxylic acids is 1. The highest BCUT2D eigenvalue weighted by Gasteiger charge is 2.28. The van der Waals surface area contributed by atoms with Gasteiger partial charge in [-0.3, -0.25) is 4.79 Å². The Bertz CT molecular complexity index is 715. The summed E-state index contributed by atoms with van der Waals surface area (Å²) in [6.45, 7) is 4.53. The fourth-order valence-corrected chi connectivity index (χ4v) is 4.17. The van der Waals surface area contributed by atoms with E-state index in [0.717, 1.165) is 23.0 Å². The van der Waals surface area contributed by atoms with E-state index in [1.807, 2.05) is 41.9 Å². The van der Waals surface area contributed by atoms with Gasteiger partial charge in [-0.15, -0.1) is 10.2 Å². The van der Waals surface area contributed by atoms with Gasteiger partial charge in [0.05, 0.1) is 5.75 Å². The second-order valence-electron chi connectivity index (χ2n) is 6.96. The van der Waals surface area contributed by atoms with Crippen LogP contribution in [0.2, 0.25) is 0 Å². The fourth-order valence-electron chi connectivity index (χ4n) is 3.44. The minimum atomic E-state index is 0.0835. The Morgan fingerprint density at radius 3 is 2.76 bits per heavy atom. The molecule has 25 heavy (non-hydrogen) atoms. The van der Waals surface area contributed by atoms with E-state index < -0.39 is 0 Å². The van der Waals surface area contributed by atoms with Crippen molar-refractivity contribution < 1.29 is 4.79 Å². The Kier molecular flexibility index (Phi) is 5.78. The number of hydrogen-bond donors (Lipinski definition) is 1. The third-order valence-electron chi connectivity index (χ3n) is 5.25. The van der Waals surface area contributed by atoms with E-state index in [1.54, 1.807) is 0 Å². The van der Waals surface area contributed by atoms with Crippen molar-refractivity contribution in [2.75, 3.05) is 5.75 Å². The lowest BCUT2D eigenvalue weighted by Gasteiger charge is -2.34. The molecule has 0 radical (unpaired) electrons. The summed E-state index contributed by atoms with van der Waals surface area (Å²) in [6, 6.07) is 10.3. The van der Waals surface area contributed by atoms with Gasteiger partial charge in [-0.25, -0.2) is 0 Å². The Hall–Kier alpha value is -1.82. The van der Waals surface area contributed by atoms with Crippen molar-refractivity contribution >= 4 is 17.7 Å². The Morgan fingerprint density at radius 2 is 2.00 bits per heavy atom. The van der Waals surface area contributed by atoms with Crippen molar-refractivity contribution in [2.45, 2.75) is 44.3 Å². The molecular formula is C19H26N4OS. The predicted octanol–water partition coefficient (Wildman–Crippen LogP) is 3.52. The molecule has 1 fully saturated rings. The van der Waals surface area contributed by atoms with Gasteiger partial charge in [-0.05, 0) is 18.3 Å². The summed E-state index contributed by atoms with van der Waals surface area (Å²) in [4.78, 5) is 12.3. The van der Waals surface area contributed by atoms with Crippen LogP contribution in [-0.4, -0.2) is 32.5 Å². The molecule has 1 amide bonds. The van der Waals surface area contributed by atoms with Crippen LogP contribution in [0.25, 0.3) is 11.4 Å². The van der Waals surface area contributed by atoms with Gasteiger partial charge in [0.1, 0.15) is 0 Å². The first-order valence-corrected chi connectivity index (χ1v) is 9.91. The molecule has 1 aromatic heterocycles. The number of benzene rings is 1. The van der Waals surface area contributed by atoms with Crippen molar-refractivity contribution in [3.05, 3.63) is 30.3 Å². The van der Waals surface area contributed by atoms with Crippen molar-refractivity contribution in [1.29, 1.82) is 0 Å². The van der Waals surface area contributed by atoms with Crippen LogP contribution in [-0.2, 0) is 11.8 Å². The molecule has 5 nitrogen and oxygen atoms in total. The van der Waals surface area contributed by atoms with Crippen LogP contribution in [0.5, 0.6) is 0 Å². The number of rotatable bonds is 5. The predicted molar refractivity (Wildman–Crippen MR) is 101 cm³/mol. The van der Waals surface area contributed by atoms with Crippen LogP contribution in [0.1, 0.15) is 33.1 Å². The zero-order valence-corrected chi connectivity index (χ0v) is 15.9. The smallest absolute Gasteiger partial charge is 0.230 e. The Labute approximate surface area is 153 Å². The number of thioether (sulfide) groups is 1. The molecule has 0 aliphatic heterocycles. The normalized spacial score (nSPS) is 23.4. The van der Waals surface area contributed by atoms with Crippen molar-refractivity contribution in [2.24, 2.45) is 18.9 Å². The maximum Gasteiger partial charge on any atom is 0.230 e. The van der Waals surface area contributed by atoms with Crippen LogP contribution in [0, 0.1) is 11.8 Å². The van der Waals surface area contributed by atoms with E-state index in [4.69, 9.17) is 0 Å². The van der Waals surface area contributed by atoms with E-state index >= 15 is 0 Å². The lowest BCUT2D eigenvalue weighted by Crippen LogP contribution is -2.44. The summed E-state index contributed by atoms with van der Waals surface area (Å²) in [5.74, 6) is 2.50. The third kappa shape index (κ3) is 4.24. The molecule has 3 rings (SSSR count). The molecule has 0 bridgehead atoms. The molecule has 134 valence electrons. The van der Waals surface area contributed by atoms with Crippen molar-refractivity contribution in [1.82, 2.24) is 20.1 Å². The summed E-state index contributed by atoms with van der Waals surface area (Å²) in [5, 5.41) is 12.5. The quantitative estimate of drug-likeness (QED) is 0.831. The number of nitrogens with one attached hydrogen (secondary N) is 1. The monoisotopic (exact) mass is 358 g/mol. The lowest BCUT2D eigenvalue weighted by atomic mass is 9.78. The highest BCUT2D eigenvalue weighted by atomic mass is 32.2. The second-order valence-corrected chi connectivity index (χ2v) is 7.90. The molecule has 1 heterocycles. The standard InChI is InChI=1S/C19H26N4OS/c1-13-8-7-11-16(14(13)2)20-17(24)12-25-19-22-21-18(23(19)3)15-9-5-4-6-10-15/h4-6,9-10,13-14,16H,7-8,11-12H2,1-3H3,(H,20,24)/t13-,14-,16+/m1/s1. The van der Waals surface area contributed by atoms with Gasteiger partial charge in [0.2, 0.25) is 5.91 Å². The molecular weight excluding hydrogens is 332 g/mol. The number of carbonyl (C=O) groups is 1. The van der Waals surface area contributed by atoms with Gasteiger partial charge in [0.15, 0.2) is 11.0 Å². The fraction of sp³-hybridized carbons (Fsp3) is 0.526. The molecule has 1 aromatic carbocycles. The van der Waals surface area contributed by atoms with Crippen molar-refractivity contribution in [3.63, 3.8) is 0 Å². The molecule has 0 spiro atoms. The van der Waals surface area contributed by atoms with Crippen molar-refractivity contribution in [3.8, 4) is 11.4 Å². The zero-order valence-electron chi connectivity index (χ0n) is 15.1. The minimum absolute atomic E-state index is 0.0835. The first kappa shape index (κ1) is 18.0. The molecule has 0 unspecified atom stereocenters. The number of aromatic nitrogens is 3. The van der Waals surface area contributed by atoms with E-state index in [9.17, 15) is 4.79 Å². The number of hydrogen-bond acceptors (Lipinski definition) is 4. The van der Waals surface area contributed by atoms with E-state index in [2.05, 4.69) is 29.4 Å². The van der Waals surface area contributed by atoms with E-state index in [1.165, 1.54) is 24.6 Å². The highest BCUT2D eigenvalue weighted by molar-refractivity contribution is 7.99. The van der Waals surface area contributed by atoms with Crippen LogP contribution < -0.4 is 5.32 Å². The first-order valence-electron chi connectivity index (χ1n) is 8.93. The SMILES string of the molecule is C[C@@H]1[C@H](C)CCC[C@@H]1NC(=O)CSc1nnc(-c2ccccc2)n1C. The minimum Gasteiger partial charge on any atom is -0.352 e. The average molecular weight is 359 g/mol. The molecule has 2 aromatic rings. The molecule has 0 saturated heterocycles. The van der Waals surface area contributed by atoms with E-state index in [-0.39, 0.29) is 5.91 Å². The number of amides is 1. The molecule has 1 saturated carbocycles. The molecule has 6 heteroatoms. The molecule has 1 aliphatic rings. The summed E-state index contributed by atoms with van der Waals surface area (Å²) in [5.41, 5.74) is 1.03. The third-order valence-corrected chi connectivity index (χ3v) is 6.27.